The number of hydrogen-bond donors (Lipinski definition) is 2. The number of carboxylic acids is 1. The minimum absolute atomic E-state index is 0.00939. The van der Waals surface area contributed by atoms with Gasteiger partial charge in [-0.1, -0.05) is 77.9 Å². The van der Waals surface area contributed by atoms with E-state index < -0.39 is 5.97 Å². The van der Waals surface area contributed by atoms with Gasteiger partial charge in [-0.3, -0.25) is 9.59 Å². The Hall–Kier alpha value is -4.55. The number of aryl methyl sites for hydroxylation is 2. The fourth-order valence-corrected chi connectivity index (χ4v) is 5.32. The van der Waals surface area contributed by atoms with Crippen LogP contribution in [0.1, 0.15) is 44.9 Å². The summed E-state index contributed by atoms with van der Waals surface area (Å²) >= 11 is 6.07. The largest absolute Gasteiger partial charge is 0.481 e. The van der Waals surface area contributed by atoms with Crippen molar-refractivity contribution in [3.8, 4) is 0 Å². The molecule has 4 aromatic rings. The highest BCUT2D eigenvalue weighted by Gasteiger charge is 2.27. The third-order valence-electron chi connectivity index (χ3n) is 7.37. The zero-order valence-corrected chi connectivity index (χ0v) is 23.1. The van der Waals surface area contributed by atoms with Gasteiger partial charge in [0.1, 0.15) is 0 Å². The first kappa shape index (κ1) is 26.7. The van der Waals surface area contributed by atoms with Gasteiger partial charge >= 0.3 is 5.97 Å². The highest BCUT2D eigenvalue weighted by atomic mass is 35.5. The monoisotopic (exact) mass is 561 g/mol. The molecule has 204 valence electrons. The third-order valence-corrected chi connectivity index (χ3v) is 7.60. The van der Waals surface area contributed by atoms with E-state index >= 15 is 0 Å². The maximum absolute atomic E-state index is 13.0. The number of aliphatic carboxylic acids is 1. The number of hydrogen-bond acceptors (Lipinski definition) is 4. The molecule has 3 aromatic carbocycles. The summed E-state index contributed by atoms with van der Waals surface area (Å²) in [4.78, 5) is 34.2. The number of nitrogens with one attached hydrogen (secondary N) is 1. The summed E-state index contributed by atoms with van der Waals surface area (Å²) in [6.45, 7) is 0.366. The molecule has 1 unspecified atom stereocenters. The highest BCUT2D eigenvalue weighted by molar-refractivity contribution is 6.30. The Labute approximate surface area is 243 Å². The van der Waals surface area contributed by atoms with Gasteiger partial charge in [0.25, 0.3) is 5.91 Å². The minimum atomic E-state index is -0.850. The Kier molecular flexibility index (Phi) is 7.49. The molecule has 7 heteroatoms. The summed E-state index contributed by atoms with van der Waals surface area (Å²) in [5.74, 6) is -0.531. The molecule has 0 saturated heterocycles. The van der Waals surface area contributed by atoms with Crippen molar-refractivity contribution in [1.82, 2.24) is 15.3 Å². The van der Waals surface area contributed by atoms with E-state index in [1.165, 1.54) is 5.57 Å². The molecule has 2 N–H and O–H groups in total. The number of aromatic nitrogens is 2. The number of amides is 1. The van der Waals surface area contributed by atoms with E-state index in [1.807, 2.05) is 48.5 Å². The van der Waals surface area contributed by atoms with Crippen molar-refractivity contribution >= 4 is 40.1 Å². The number of nitrogens with zero attached hydrogens (tertiary/aromatic N) is 2. The normalized spacial score (nSPS) is 15.5. The summed E-state index contributed by atoms with van der Waals surface area (Å²) in [7, 11) is 0. The molecule has 6 rings (SSSR count). The molecule has 1 aromatic heterocycles. The van der Waals surface area contributed by atoms with Gasteiger partial charge in [-0.15, -0.1) is 0 Å². The number of allylic oxidation sites excluding steroid dienone is 6. The molecule has 0 bridgehead atoms. The lowest BCUT2D eigenvalue weighted by Crippen LogP contribution is -2.22. The maximum Gasteiger partial charge on any atom is 0.307 e. The molecule has 6 nitrogen and oxygen atoms in total. The molecular weight excluding hydrogens is 534 g/mol. The van der Waals surface area contributed by atoms with E-state index in [2.05, 4.69) is 29.6 Å². The SMILES string of the molecule is O=C(O)Cc1cccc(CCc2nc3cc(C(=O)NCc4cccc(Cl)c4)ccc3nc2C2=CC=C3CC3C=C2)c1. The van der Waals surface area contributed by atoms with Crippen molar-refractivity contribution < 1.29 is 14.7 Å². The van der Waals surface area contributed by atoms with Crippen molar-refractivity contribution in [1.29, 1.82) is 0 Å². The predicted molar refractivity (Wildman–Crippen MR) is 161 cm³/mol. The van der Waals surface area contributed by atoms with Crippen LogP contribution in [-0.4, -0.2) is 27.0 Å². The van der Waals surface area contributed by atoms with Crippen LogP contribution in [0.25, 0.3) is 16.6 Å². The predicted octanol–water partition coefficient (Wildman–Crippen LogP) is 6.53. The Bertz CT molecular complexity index is 1770. The first-order chi connectivity index (χ1) is 19.9. The van der Waals surface area contributed by atoms with Gasteiger partial charge in [0.15, 0.2) is 0 Å². The lowest BCUT2D eigenvalue weighted by atomic mass is 10.0. The number of carbonyl (C=O) groups excluding carboxylic acids is 1. The molecule has 1 saturated carbocycles. The maximum atomic E-state index is 13.0. The van der Waals surface area contributed by atoms with Gasteiger partial charge in [0.05, 0.1) is 28.8 Å². The van der Waals surface area contributed by atoms with Gasteiger partial charge in [0.2, 0.25) is 0 Å². The molecule has 41 heavy (non-hydrogen) atoms. The number of benzene rings is 3. The Morgan fingerprint density at radius 3 is 2.59 bits per heavy atom. The van der Waals surface area contributed by atoms with Gasteiger partial charge in [0, 0.05) is 28.6 Å². The van der Waals surface area contributed by atoms with Crippen LogP contribution < -0.4 is 5.32 Å². The van der Waals surface area contributed by atoms with Gasteiger partial charge in [-0.05, 0) is 66.3 Å². The number of fused-ring (bicyclic) bond motifs is 2. The Morgan fingerprint density at radius 1 is 0.902 bits per heavy atom. The molecule has 0 radical (unpaired) electrons. The van der Waals surface area contributed by atoms with Crippen LogP contribution in [-0.2, 0) is 30.6 Å². The first-order valence-electron chi connectivity index (χ1n) is 13.6. The molecule has 1 atom stereocenters. The van der Waals surface area contributed by atoms with Crippen molar-refractivity contribution in [3.63, 3.8) is 0 Å². The molecule has 2 aliphatic carbocycles. The lowest BCUT2D eigenvalue weighted by Gasteiger charge is -2.12. The van der Waals surface area contributed by atoms with Crippen LogP contribution in [0.15, 0.2) is 96.6 Å². The van der Waals surface area contributed by atoms with Crippen molar-refractivity contribution in [2.45, 2.75) is 32.2 Å². The zero-order chi connectivity index (χ0) is 28.3. The van der Waals surface area contributed by atoms with Gasteiger partial charge < -0.3 is 10.4 Å². The zero-order valence-electron chi connectivity index (χ0n) is 22.3. The molecule has 0 spiro atoms. The number of carbonyl (C=O) groups is 2. The van der Waals surface area contributed by atoms with E-state index in [-0.39, 0.29) is 12.3 Å². The van der Waals surface area contributed by atoms with E-state index in [1.54, 1.807) is 18.2 Å². The van der Waals surface area contributed by atoms with Crippen LogP contribution in [0.2, 0.25) is 5.02 Å². The highest BCUT2D eigenvalue weighted by Crippen LogP contribution is 2.41. The molecule has 1 fully saturated rings. The van der Waals surface area contributed by atoms with Gasteiger partial charge in [-0.2, -0.15) is 0 Å². The standard InChI is InChI=1S/C34H28ClN3O3/c35-28-6-2-5-23(16-28)20-36-34(41)27-12-14-29-31(19-27)37-30(13-7-21-3-1-4-22(15-21)17-32(39)40)33(38-29)24-8-10-25-18-26(25)11-9-24/h1-6,8-12,14-16,19,25H,7,13,17-18,20H2,(H,36,41)(H,39,40). The van der Waals surface area contributed by atoms with Crippen molar-refractivity contribution in [2.75, 3.05) is 0 Å². The summed E-state index contributed by atoms with van der Waals surface area (Å²) in [6, 6.07) is 20.5. The van der Waals surface area contributed by atoms with Crippen LogP contribution >= 0.6 is 11.6 Å². The summed E-state index contributed by atoms with van der Waals surface area (Å²) in [6.07, 6.45) is 11.1. The second kappa shape index (κ2) is 11.5. The molecule has 2 aliphatic rings. The molecule has 1 heterocycles. The average molecular weight is 562 g/mol. The van der Waals surface area contributed by atoms with Crippen molar-refractivity contribution in [2.24, 2.45) is 5.92 Å². The minimum Gasteiger partial charge on any atom is -0.481 e. The lowest BCUT2D eigenvalue weighted by molar-refractivity contribution is -0.136. The summed E-state index contributed by atoms with van der Waals surface area (Å²) in [5.41, 5.74) is 8.71. The fraction of sp³-hybridized carbons (Fsp3) is 0.176. The van der Waals surface area contributed by atoms with E-state index in [4.69, 9.17) is 21.6 Å². The summed E-state index contributed by atoms with van der Waals surface area (Å²) < 4.78 is 0. The summed E-state index contributed by atoms with van der Waals surface area (Å²) in [5, 5.41) is 12.8. The quantitative estimate of drug-likeness (QED) is 0.242. The number of halogens is 1. The second-order valence-electron chi connectivity index (χ2n) is 10.5. The topological polar surface area (TPSA) is 92.2 Å². The molecule has 0 aliphatic heterocycles. The van der Waals surface area contributed by atoms with Crippen LogP contribution in [0.5, 0.6) is 0 Å². The number of rotatable bonds is 9. The molecular formula is C34H28ClN3O3. The van der Waals surface area contributed by atoms with Crippen LogP contribution in [0.4, 0.5) is 0 Å². The van der Waals surface area contributed by atoms with E-state index in [9.17, 15) is 14.7 Å². The Balaban J connectivity index is 1.29. The number of carboxylic acid groups (broad SMARTS) is 1. The smallest absolute Gasteiger partial charge is 0.307 e. The van der Waals surface area contributed by atoms with Crippen molar-refractivity contribution in [3.05, 3.63) is 135 Å². The van der Waals surface area contributed by atoms with Gasteiger partial charge in [-0.25, -0.2) is 9.97 Å². The Morgan fingerprint density at radius 2 is 1.73 bits per heavy atom. The molecule has 1 amide bonds. The average Bonchev–Trinajstić information content (AvgIpc) is 3.74. The van der Waals surface area contributed by atoms with E-state index in [0.717, 1.165) is 45.6 Å². The second-order valence-corrected chi connectivity index (χ2v) is 10.9. The van der Waals surface area contributed by atoms with E-state index in [0.29, 0.717) is 41.4 Å². The van der Waals surface area contributed by atoms with Crippen LogP contribution in [0, 0.1) is 5.92 Å². The third kappa shape index (κ3) is 6.44. The fourth-order valence-electron chi connectivity index (χ4n) is 5.11. The van der Waals surface area contributed by atoms with Crippen LogP contribution in [0.3, 0.4) is 0 Å². The first-order valence-corrected chi connectivity index (χ1v) is 14.0.